The highest BCUT2D eigenvalue weighted by molar-refractivity contribution is 6.36. The van der Waals surface area contributed by atoms with E-state index in [1.54, 1.807) is 18.2 Å². The smallest absolute Gasteiger partial charge is 0.241 e. The van der Waals surface area contributed by atoms with Crippen molar-refractivity contribution in [3.05, 3.63) is 69.5 Å². The van der Waals surface area contributed by atoms with Gasteiger partial charge >= 0.3 is 0 Å². The maximum Gasteiger partial charge on any atom is 0.241 e. The van der Waals surface area contributed by atoms with Crippen molar-refractivity contribution in [1.29, 1.82) is 0 Å². The molecule has 0 spiro atoms. The molecule has 168 valence electrons. The summed E-state index contributed by atoms with van der Waals surface area (Å²) in [7, 11) is 0. The van der Waals surface area contributed by atoms with E-state index in [9.17, 15) is 4.79 Å². The van der Waals surface area contributed by atoms with Crippen LogP contribution in [-0.4, -0.2) is 34.0 Å². The average Bonchev–Trinajstić information content (AvgIpc) is 3.22. The lowest BCUT2D eigenvalue weighted by atomic mass is 9.94. The maximum absolute atomic E-state index is 12.8. The van der Waals surface area contributed by atoms with Gasteiger partial charge in [0.15, 0.2) is 0 Å². The zero-order chi connectivity index (χ0) is 22.7. The van der Waals surface area contributed by atoms with Crippen molar-refractivity contribution in [3.63, 3.8) is 0 Å². The Kier molecular flexibility index (Phi) is 7.13. The minimum atomic E-state index is -0.00163. The number of likely N-dealkylation sites (tertiary alicyclic amines) is 1. The Balaban J connectivity index is 1.29. The van der Waals surface area contributed by atoms with Crippen LogP contribution in [0, 0.1) is 12.8 Å². The van der Waals surface area contributed by atoms with Crippen molar-refractivity contribution in [1.82, 2.24) is 20.4 Å². The predicted octanol–water partition coefficient (Wildman–Crippen LogP) is 5.44. The molecule has 1 aliphatic rings. The molecule has 2 heterocycles. The van der Waals surface area contributed by atoms with Crippen LogP contribution in [-0.2, 0) is 11.3 Å². The van der Waals surface area contributed by atoms with Crippen molar-refractivity contribution < 1.29 is 9.32 Å². The zero-order valence-electron chi connectivity index (χ0n) is 18.1. The summed E-state index contributed by atoms with van der Waals surface area (Å²) < 4.78 is 5.42. The van der Waals surface area contributed by atoms with E-state index in [-0.39, 0.29) is 17.9 Å². The first-order chi connectivity index (χ1) is 15.4. The summed E-state index contributed by atoms with van der Waals surface area (Å²) >= 11 is 12.2. The molecule has 32 heavy (non-hydrogen) atoms. The predicted molar refractivity (Wildman–Crippen MR) is 125 cm³/mol. The van der Waals surface area contributed by atoms with E-state index in [2.05, 4.69) is 39.4 Å². The van der Waals surface area contributed by atoms with Gasteiger partial charge in [-0.2, -0.15) is 4.98 Å². The number of carbonyl (C=O) groups is 1. The highest BCUT2D eigenvalue weighted by Gasteiger charge is 2.27. The molecular weight excluding hydrogens is 447 g/mol. The number of hydrogen-bond donors (Lipinski definition) is 1. The van der Waals surface area contributed by atoms with Crippen molar-refractivity contribution >= 4 is 29.1 Å². The van der Waals surface area contributed by atoms with Crippen LogP contribution in [0.15, 0.2) is 47.0 Å². The van der Waals surface area contributed by atoms with Crippen molar-refractivity contribution in [2.75, 3.05) is 13.1 Å². The summed E-state index contributed by atoms with van der Waals surface area (Å²) in [5.74, 6) is 1.12. The third kappa shape index (κ3) is 5.31. The molecule has 2 aromatic carbocycles. The molecule has 1 unspecified atom stereocenters. The maximum atomic E-state index is 12.8. The first kappa shape index (κ1) is 22.8. The third-order valence-electron chi connectivity index (χ3n) is 5.97. The minimum Gasteiger partial charge on any atom is -0.349 e. The molecule has 6 nitrogen and oxygen atoms in total. The lowest BCUT2D eigenvalue weighted by molar-refractivity contribution is -0.127. The van der Waals surface area contributed by atoms with Gasteiger partial charge in [0.2, 0.25) is 17.6 Å². The number of benzene rings is 2. The Labute approximate surface area is 197 Å². The van der Waals surface area contributed by atoms with E-state index < -0.39 is 0 Å². The Morgan fingerprint density at radius 2 is 1.97 bits per heavy atom. The topological polar surface area (TPSA) is 71.3 Å². The summed E-state index contributed by atoms with van der Waals surface area (Å²) in [6.45, 7) is 6.26. The van der Waals surface area contributed by atoms with Crippen LogP contribution in [0.5, 0.6) is 0 Å². The molecule has 1 saturated heterocycles. The minimum absolute atomic E-state index is 0.00163. The number of nitrogens with zero attached hydrogens (tertiary/aromatic N) is 3. The number of hydrogen-bond acceptors (Lipinski definition) is 5. The first-order valence-corrected chi connectivity index (χ1v) is 11.5. The van der Waals surface area contributed by atoms with Crippen LogP contribution in [0.25, 0.3) is 11.4 Å². The van der Waals surface area contributed by atoms with Gasteiger partial charge in [0.05, 0.1) is 17.6 Å². The highest BCUT2D eigenvalue weighted by Crippen LogP contribution is 2.29. The molecule has 1 atom stereocenters. The molecule has 4 rings (SSSR count). The fourth-order valence-corrected chi connectivity index (χ4v) is 4.62. The van der Waals surface area contributed by atoms with Crippen LogP contribution >= 0.6 is 23.2 Å². The van der Waals surface area contributed by atoms with Crippen LogP contribution < -0.4 is 5.32 Å². The number of aryl methyl sites for hydroxylation is 1. The van der Waals surface area contributed by atoms with Crippen molar-refractivity contribution in [2.24, 2.45) is 5.92 Å². The number of amides is 1. The van der Waals surface area contributed by atoms with E-state index >= 15 is 0 Å². The standard InChI is InChI=1S/C24H26Cl2N4O2/c1-15-5-3-4-6-19(15)16(2)27-24(31)17-9-11-30(12-10-17)14-22-28-23(29-32-22)20-8-7-18(25)13-21(20)26/h3-8,13,16-17H,9-12,14H2,1-2H3,(H,27,31). The molecular formula is C24H26Cl2N4O2. The summed E-state index contributed by atoms with van der Waals surface area (Å²) in [5, 5.41) is 8.27. The van der Waals surface area contributed by atoms with Crippen molar-refractivity contribution in [3.8, 4) is 11.4 Å². The van der Waals surface area contributed by atoms with E-state index in [0.29, 0.717) is 33.9 Å². The molecule has 0 radical (unpaired) electrons. The number of aromatic nitrogens is 2. The van der Waals surface area contributed by atoms with Crippen LogP contribution in [0.1, 0.15) is 42.8 Å². The van der Waals surface area contributed by atoms with Gasteiger partial charge in [0.25, 0.3) is 0 Å². The molecule has 1 amide bonds. The molecule has 0 bridgehead atoms. The molecule has 1 fully saturated rings. The van der Waals surface area contributed by atoms with Gasteiger partial charge in [-0.3, -0.25) is 9.69 Å². The van der Waals surface area contributed by atoms with Gasteiger partial charge in [0, 0.05) is 16.5 Å². The second-order valence-corrected chi connectivity index (χ2v) is 9.12. The molecule has 1 aliphatic heterocycles. The lowest BCUT2D eigenvalue weighted by Gasteiger charge is -2.31. The number of nitrogens with one attached hydrogen (secondary N) is 1. The number of piperidine rings is 1. The number of rotatable bonds is 6. The SMILES string of the molecule is Cc1ccccc1C(C)NC(=O)C1CCN(Cc2nc(-c3ccc(Cl)cc3Cl)no2)CC1. The van der Waals surface area contributed by atoms with Crippen LogP contribution in [0.3, 0.4) is 0 Å². The fraction of sp³-hybridized carbons (Fsp3) is 0.375. The fourth-order valence-electron chi connectivity index (χ4n) is 4.13. The van der Waals surface area contributed by atoms with Gasteiger partial charge in [-0.15, -0.1) is 0 Å². The molecule has 1 aromatic heterocycles. The molecule has 8 heteroatoms. The van der Waals surface area contributed by atoms with Gasteiger partial charge < -0.3 is 9.84 Å². The second-order valence-electron chi connectivity index (χ2n) is 8.27. The second kappa shape index (κ2) is 10.0. The average molecular weight is 473 g/mol. The largest absolute Gasteiger partial charge is 0.349 e. The summed E-state index contributed by atoms with van der Waals surface area (Å²) in [4.78, 5) is 19.5. The Hall–Kier alpha value is -2.41. The Morgan fingerprint density at radius 3 is 2.69 bits per heavy atom. The van der Waals surface area contributed by atoms with E-state index in [4.69, 9.17) is 27.7 Å². The molecule has 0 saturated carbocycles. The highest BCUT2D eigenvalue weighted by atomic mass is 35.5. The monoisotopic (exact) mass is 472 g/mol. The molecule has 1 N–H and O–H groups in total. The number of carbonyl (C=O) groups excluding carboxylic acids is 1. The Morgan fingerprint density at radius 1 is 1.22 bits per heavy atom. The van der Waals surface area contributed by atoms with E-state index in [1.165, 1.54) is 5.56 Å². The van der Waals surface area contributed by atoms with Gasteiger partial charge in [-0.25, -0.2) is 0 Å². The van der Waals surface area contributed by atoms with Gasteiger partial charge in [0.1, 0.15) is 0 Å². The number of halogens is 2. The molecule has 3 aromatic rings. The quantitative estimate of drug-likeness (QED) is 0.516. The molecule has 0 aliphatic carbocycles. The van der Waals surface area contributed by atoms with Crippen molar-refractivity contribution in [2.45, 2.75) is 39.3 Å². The third-order valence-corrected chi connectivity index (χ3v) is 6.52. The van der Waals surface area contributed by atoms with Crippen LogP contribution in [0.4, 0.5) is 0 Å². The van der Waals surface area contributed by atoms with Gasteiger partial charge in [-0.1, -0.05) is 52.6 Å². The van der Waals surface area contributed by atoms with Crippen LogP contribution in [0.2, 0.25) is 10.0 Å². The van der Waals surface area contributed by atoms with E-state index in [1.807, 2.05) is 19.1 Å². The Bertz CT molecular complexity index is 1090. The summed E-state index contributed by atoms with van der Waals surface area (Å²) in [6.07, 6.45) is 1.60. The normalized spacial score (nSPS) is 16.1. The zero-order valence-corrected chi connectivity index (χ0v) is 19.7. The summed E-state index contributed by atoms with van der Waals surface area (Å²) in [5.41, 5.74) is 3.03. The summed E-state index contributed by atoms with van der Waals surface area (Å²) in [6, 6.07) is 13.3. The van der Waals surface area contributed by atoms with Gasteiger partial charge in [-0.05, 0) is 69.1 Å². The van der Waals surface area contributed by atoms with E-state index in [0.717, 1.165) is 31.5 Å². The first-order valence-electron chi connectivity index (χ1n) is 10.8. The lowest BCUT2D eigenvalue weighted by Crippen LogP contribution is -2.41.